The monoisotopic (exact) mass is 251 g/mol. The standard InChI is InChI=1S/C14H25N3O/c1-5-12-9-13(17-11(2)16-12)15-10-14(3,4)7-6-8-18/h9,18H,5-8,10H2,1-4H3,(H,15,16,17). The van der Waals surface area contributed by atoms with Crippen LogP contribution in [0.2, 0.25) is 0 Å². The largest absolute Gasteiger partial charge is 0.396 e. The Kier molecular flexibility index (Phi) is 5.54. The summed E-state index contributed by atoms with van der Waals surface area (Å²) >= 11 is 0. The predicted molar refractivity (Wildman–Crippen MR) is 74.7 cm³/mol. The summed E-state index contributed by atoms with van der Waals surface area (Å²) in [6, 6.07) is 2.01. The van der Waals surface area contributed by atoms with Gasteiger partial charge < -0.3 is 10.4 Å². The van der Waals surface area contributed by atoms with E-state index >= 15 is 0 Å². The molecule has 1 aromatic heterocycles. The Hall–Kier alpha value is -1.16. The van der Waals surface area contributed by atoms with Crippen LogP contribution >= 0.6 is 0 Å². The minimum absolute atomic E-state index is 0.161. The second-order valence-electron chi connectivity index (χ2n) is 5.49. The quantitative estimate of drug-likeness (QED) is 0.782. The topological polar surface area (TPSA) is 58.0 Å². The van der Waals surface area contributed by atoms with Gasteiger partial charge in [0.15, 0.2) is 0 Å². The SMILES string of the molecule is CCc1cc(NCC(C)(C)CCCO)nc(C)n1. The first-order valence-electron chi connectivity index (χ1n) is 6.66. The Bertz CT molecular complexity index is 377. The molecular formula is C14H25N3O. The van der Waals surface area contributed by atoms with Gasteiger partial charge in [0, 0.05) is 24.9 Å². The molecular weight excluding hydrogens is 226 g/mol. The van der Waals surface area contributed by atoms with E-state index in [2.05, 4.69) is 36.1 Å². The van der Waals surface area contributed by atoms with Gasteiger partial charge in [-0.3, -0.25) is 0 Å². The van der Waals surface area contributed by atoms with Gasteiger partial charge in [0.05, 0.1) is 0 Å². The minimum Gasteiger partial charge on any atom is -0.396 e. The van der Waals surface area contributed by atoms with E-state index in [0.29, 0.717) is 0 Å². The lowest BCUT2D eigenvalue weighted by molar-refractivity contribution is 0.248. The van der Waals surface area contributed by atoms with E-state index in [0.717, 1.165) is 43.1 Å². The van der Waals surface area contributed by atoms with Crippen LogP contribution in [0.25, 0.3) is 0 Å². The molecule has 0 atom stereocenters. The molecule has 18 heavy (non-hydrogen) atoms. The van der Waals surface area contributed by atoms with Crippen LogP contribution in [0.4, 0.5) is 5.82 Å². The molecule has 0 saturated heterocycles. The molecule has 0 aliphatic rings. The summed E-state index contributed by atoms with van der Waals surface area (Å²) < 4.78 is 0. The Labute approximate surface area is 110 Å². The van der Waals surface area contributed by atoms with E-state index in [1.165, 1.54) is 0 Å². The summed E-state index contributed by atoms with van der Waals surface area (Å²) in [6.45, 7) is 9.52. The van der Waals surface area contributed by atoms with Gasteiger partial charge in [-0.2, -0.15) is 0 Å². The molecule has 0 spiro atoms. The first kappa shape index (κ1) is 14.9. The highest BCUT2D eigenvalue weighted by molar-refractivity contribution is 5.36. The van der Waals surface area contributed by atoms with Crippen molar-refractivity contribution in [3.8, 4) is 0 Å². The summed E-state index contributed by atoms with van der Waals surface area (Å²) in [6.07, 6.45) is 2.77. The van der Waals surface area contributed by atoms with Crippen molar-refractivity contribution < 1.29 is 5.11 Å². The first-order chi connectivity index (χ1) is 8.46. The van der Waals surface area contributed by atoms with Crippen molar-refractivity contribution >= 4 is 5.82 Å². The molecule has 1 rings (SSSR count). The van der Waals surface area contributed by atoms with Crippen molar-refractivity contribution in [2.24, 2.45) is 5.41 Å². The van der Waals surface area contributed by atoms with Crippen LogP contribution in [0.5, 0.6) is 0 Å². The van der Waals surface area contributed by atoms with Crippen molar-refractivity contribution in [3.05, 3.63) is 17.6 Å². The van der Waals surface area contributed by atoms with E-state index in [4.69, 9.17) is 5.11 Å². The van der Waals surface area contributed by atoms with Crippen LogP contribution in [-0.4, -0.2) is 28.2 Å². The van der Waals surface area contributed by atoms with Gasteiger partial charge in [-0.05, 0) is 31.6 Å². The van der Waals surface area contributed by atoms with Crippen LogP contribution in [-0.2, 0) is 6.42 Å². The van der Waals surface area contributed by atoms with E-state index in [1.807, 2.05) is 13.0 Å². The zero-order valence-electron chi connectivity index (χ0n) is 12.0. The normalized spacial score (nSPS) is 11.6. The maximum atomic E-state index is 8.88. The van der Waals surface area contributed by atoms with Crippen LogP contribution in [0.15, 0.2) is 6.07 Å². The molecule has 0 fully saturated rings. The summed E-state index contributed by atoms with van der Waals surface area (Å²) in [5, 5.41) is 12.3. The molecule has 4 heteroatoms. The Balaban J connectivity index is 2.59. The number of hydrogen-bond acceptors (Lipinski definition) is 4. The zero-order valence-corrected chi connectivity index (χ0v) is 12.0. The highest BCUT2D eigenvalue weighted by atomic mass is 16.2. The lowest BCUT2D eigenvalue weighted by Gasteiger charge is -2.25. The molecule has 4 nitrogen and oxygen atoms in total. The van der Waals surface area contributed by atoms with Gasteiger partial charge in [-0.1, -0.05) is 20.8 Å². The average molecular weight is 251 g/mol. The lowest BCUT2D eigenvalue weighted by Crippen LogP contribution is -2.24. The molecule has 0 radical (unpaired) electrons. The van der Waals surface area contributed by atoms with Crippen LogP contribution in [0.3, 0.4) is 0 Å². The minimum atomic E-state index is 0.161. The van der Waals surface area contributed by atoms with Crippen molar-refractivity contribution in [1.29, 1.82) is 0 Å². The van der Waals surface area contributed by atoms with Gasteiger partial charge in [0.25, 0.3) is 0 Å². The molecule has 0 amide bonds. The van der Waals surface area contributed by atoms with Crippen molar-refractivity contribution in [3.63, 3.8) is 0 Å². The number of rotatable bonds is 7. The van der Waals surface area contributed by atoms with E-state index in [1.54, 1.807) is 0 Å². The fraction of sp³-hybridized carbons (Fsp3) is 0.714. The van der Waals surface area contributed by atoms with Gasteiger partial charge in [-0.15, -0.1) is 0 Å². The second kappa shape index (κ2) is 6.69. The highest BCUT2D eigenvalue weighted by Gasteiger charge is 2.17. The molecule has 1 heterocycles. The predicted octanol–water partition coefficient (Wildman–Crippen LogP) is 2.56. The van der Waals surface area contributed by atoms with Crippen molar-refractivity contribution in [2.75, 3.05) is 18.5 Å². The smallest absolute Gasteiger partial charge is 0.129 e. The maximum absolute atomic E-state index is 8.88. The number of aryl methyl sites for hydroxylation is 2. The van der Waals surface area contributed by atoms with Gasteiger partial charge in [0.1, 0.15) is 11.6 Å². The molecule has 0 unspecified atom stereocenters. The Morgan fingerprint density at radius 3 is 2.67 bits per heavy atom. The fourth-order valence-electron chi connectivity index (χ4n) is 1.88. The number of hydrogen-bond donors (Lipinski definition) is 2. The molecule has 0 aliphatic carbocycles. The van der Waals surface area contributed by atoms with Gasteiger partial charge in [-0.25, -0.2) is 9.97 Å². The lowest BCUT2D eigenvalue weighted by atomic mass is 9.88. The fourth-order valence-corrected chi connectivity index (χ4v) is 1.88. The number of aliphatic hydroxyl groups is 1. The second-order valence-corrected chi connectivity index (χ2v) is 5.49. The van der Waals surface area contributed by atoms with E-state index in [9.17, 15) is 0 Å². The number of aliphatic hydroxyl groups excluding tert-OH is 1. The number of aromatic nitrogens is 2. The molecule has 0 saturated carbocycles. The van der Waals surface area contributed by atoms with Crippen molar-refractivity contribution in [1.82, 2.24) is 9.97 Å². The van der Waals surface area contributed by atoms with Crippen LogP contribution in [0.1, 0.15) is 45.1 Å². The summed E-state index contributed by atoms with van der Waals surface area (Å²) in [4.78, 5) is 8.76. The van der Waals surface area contributed by atoms with Crippen molar-refractivity contribution in [2.45, 2.75) is 47.0 Å². The summed E-state index contributed by atoms with van der Waals surface area (Å²) in [7, 11) is 0. The summed E-state index contributed by atoms with van der Waals surface area (Å²) in [5.41, 5.74) is 1.23. The van der Waals surface area contributed by atoms with Crippen LogP contribution < -0.4 is 5.32 Å². The summed E-state index contributed by atoms with van der Waals surface area (Å²) in [5.74, 6) is 1.71. The molecule has 2 N–H and O–H groups in total. The van der Waals surface area contributed by atoms with Crippen LogP contribution in [0, 0.1) is 12.3 Å². The number of nitrogens with zero attached hydrogens (tertiary/aromatic N) is 2. The third-order valence-corrected chi connectivity index (χ3v) is 3.01. The molecule has 0 bridgehead atoms. The third-order valence-electron chi connectivity index (χ3n) is 3.01. The number of nitrogens with one attached hydrogen (secondary N) is 1. The van der Waals surface area contributed by atoms with Gasteiger partial charge >= 0.3 is 0 Å². The third kappa shape index (κ3) is 5.00. The number of anilines is 1. The zero-order chi connectivity index (χ0) is 13.6. The van der Waals surface area contributed by atoms with E-state index < -0.39 is 0 Å². The highest BCUT2D eigenvalue weighted by Crippen LogP contribution is 2.22. The molecule has 0 aliphatic heterocycles. The molecule has 1 aromatic rings. The Morgan fingerprint density at radius 2 is 2.06 bits per heavy atom. The molecule has 102 valence electrons. The average Bonchev–Trinajstić information content (AvgIpc) is 2.33. The van der Waals surface area contributed by atoms with Gasteiger partial charge in [0.2, 0.25) is 0 Å². The molecule has 0 aromatic carbocycles. The van der Waals surface area contributed by atoms with E-state index in [-0.39, 0.29) is 12.0 Å². The maximum Gasteiger partial charge on any atom is 0.129 e. The Morgan fingerprint density at radius 1 is 1.33 bits per heavy atom. The first-order valence-corrected chi connectivity index (χ1v) is 6.66.